The fourth-order valence-corrected chi connectivity index (χ4v) is 4.39. The maximum Gasteiger partial charge on any atom is 0.289 e. The molecule has 5 rings (SSSR count). The molecule has 30 heavy (non-hydrogen) atoms. The van der Waals surface area contributed by atoms with Crippen LogP contribution in [0.15, 0.2) is 41.0 Å². The zero-order chi connectivity index (χ0) is 19.8. The van der Waals surface area contributed by atoms with Gasteiger partial charge in [0.05, 0.1) is 19.2 Å². The average molecular weight is 430 g/mol. The summed E-state index contributed by atoms with van der Waals surface area (Å²) < 4.78 is 5.58. The van der Waals surface area contributed by atoms with E-state index in [1.807, 2.05) is 35.2 Å². The van der Waals surface area contributed by atoms with Gasteiger partial charge in [0.1, 0.15) is 0 Å². The Kier molecular flexibility index (Phi) is 6.16. The average Bonchev–Trinajstić information content (AvgIpc) is 3.37. The lowest BCUT2D eigenvalue weighted by atomic mass is 10.0. The summed E-state index contributed by atoms with van der Waals surface area (Å²) in [5.74, 6) is 1.24. The summed E-state index contributed by atoms with van der Waals surface area (Å²) in [6, 6.07) is 10.1. The normalized spacial score (nSPS) is 19.0. The largest absolute Gasteiger partial charge is 0.459 e. The highest BCUT2D eigenvalue weighted by atomic mass is 35.5. The van der Waals surface area contributed by atoms with E-state index in [2.05, 4.69) is 5.32 Å². The molecular weight excluding hydrogens is 402 g/mol. The lowest BCUT2D eigenvalue weighted by molar-refractivity contribution is -0.117. The highest BCUT2D eigenvalue weighted by molar-refractivity contribution is 6.01. The Bertz CT molecular complexity index is 916. The summed E-state index contributed by atoms with van der Waals surface area (Å²) in [6.45, 7) is 2.97. The van der Waals surface area contributed by atoms with Crippen molar-refractivity contribution in [2.24, 2.45) is 5.92 Å². The van der Waals surface area contributed by atoms with Crippen molar-refractivity contribution >= 4 is 29.9 Å². The third-order valence-electron chi connectivity index (χ3n) is 6.37. The molecule has 160 valence electrons. The van der Waals surface area contributed by atoms with Gasteiger partial charge in [-0.2, -0.15) is 0 Å². The Morgan fingerprint density at radius 1 is 1.10 bits per heavy atom. The molecule has 3 aliphatic rings. The number of anilines is 1. The molecule has 0 spiro atoms. The van der Waals surface area contributed by atoms with E-state index in [1.165, 1.54) is 12.8 Å². The van der Waals surface area contributed by atoms with Crippen LogP contribution in [0.5, 0.6) is 0 Å². The summed E-state index contributed by atoms with van der Waals surface area (Å²) in [6.07, 6.45) is 6.64. The van der Waals surface area contributed by atoms with Gasteiger partial charge < -0.3 is 19.5 Å². The second-order valence-electron chi connectivity index (χ2n) is 8.48. The molecule has 1 saturated carbocycles. The van der Waals surface area contributed by atoms with Crippen LogP contribution in [-0.2, 0) is 17.8 Å². The molecular formula is C23H28ClN3O3. The van der Waals surface area contributed by atoms with Crippen LogP contribution in [0.1, 0.15) is 47.4 Å². The smallest absolute Gasteiger partial charge is 0.289 e. The number of benzene rings is 1. The number of hydrogen-bond donors (Lipinski definition) is 1. The summed E-state index contributed by atoms with van der Waals surface area (Å²) in [5.41, 5.74) is 2.74. The number of halogens is 1. The highest BCUT2D eigenvalue weighted by Gasteiger charge is 2.31. The van der Waals surface area contributed by atoms with Gasteiger partial charge in [-0.15, -0.1) is 12.4 Å². The quantitative estimate of drug-likeness (QED) is 0.764. The molecule has 6 nitrogen and oxygen atoms in total. The number of amides is 2. The number of carbonyl (C=O) groups excluding carboxylic acids is 2. The molecule has 1 aliphatic carbocycles. The molecule has 2 aromatic rings. The maximum atomic E-state index is 13.1. The van der Waals surface area contributed by atoms with Gasteiger partial charge in [0, 0.05) is 30.4 Å². The van der Waals surface area contributed by atoms with Gasteiger partial charge in [-0.25, -0.2) is 0 Å². The van der Waals surface area contributed by atoms with Gasteiger partial charge in [0.25, 0.3) is 5.91 Å². The third kappa shape index (κ3) is 4.25. The molecule has 1 aromatic heterocycles. The molecule has 0 bridgehead atoms. The molecule has 2 aliphatic heterocycles. The van der Waals surface area contributed by atoms with Crippen molar-refractivity contribution in [1.29, 1.82) is 0 Å². The van der Waals surface area contributed by atoms with Crippen molar-refractivity contribution in [3.63, 3.8) is 0 Å². The molecule has 2 fully saturated rings. The van der Waals surface area contributed by atoms with Crippen molar-refractivity contribution in [3.05, 3.63) is 53.5 Å². The lowest BCUT2D eigenvalue weighted by Gasteiger charge is -2.32. The number of hydrogen-bond acceptors (Lipinski definition) is 4. The molecule has 0 unspecified atom stereocenters. The Balaban J connectivity index is 0.00000218. The summed E-state index contributed by atoms with van der Waals surface area (Å²) in [5, 5.41) is 3.65. The molecule has 1 N–H and O–H groups in total. The van der Waals surface area contributed by atoms with E-state index in [-0.39, 0.29) is 24.2 Å². The summed E-state index contributed by atoms with van der Waals surface area (Å²) in [7, 11) is 0. The molecule has 1 saturated heterocycles. The van der Waals surface area contributed by atoms with E-state index < -0.39 is 0 Å². The van der Waals surface area contributed by atoms with Crippen molar-refractivity contribution in [3.8, 4) is 0 Å². The van der Waals surface area contributed by atoms with E-state index in [0.717, 1.165) is 55.2 Å². The third-order valence-corrected chi connectivity index (χ3v) is 6.37. The van der Waals surface area contributed by atoms with Crippen LogP contribution in [-0.4, -0.2) is 42.4 Å². The minimum Gasteiger partial charge on any atom is -0.459 e. The molecule has 0 radical (unpaired) electrons. The van der Waals surface area contributed by atoms with Crippen LogP contribution >= 0.6 is 12.4 Å². The van der Waals surface area contributed by atoms with E-state index in [1.54, 1.807) is 11.2 Å². The second-order valence-corrected chi connectivity index (χ2v) is 8.48. The molecule has 1 aromatic carbocycles. The second kappa shape index (κ2) is 8.82. The van der Waals surface area contributed by atoms with E-state index in [0.29, 0.717) is 24.8 Å². The highest BCUT2D eigenvalue weighted by Crippen LogP contribution is 2.31. The van der Waals surface area contributed by atoms with Crippen molar-refractivity contribution in [2.75, 3.05) is 24.5 Å². The van der Waals surface area contributed by atoms with Gasteiger partial charge in [0.15, 0.2) is 5.76 Å². The van der Waals surface area contributed by atoms with E-state index in [4.69, 9.17) is 4.42 Å². The molecule has 7 heteroatoms. The number of carbonyl (C=O) groups is 2. The van der Waals surface area contributed by atoms with Crippen molar-refractivity contribution in [1.82, 2.24) is 10.2 Å². The van der Waals surface area contributed by atoms with Crippen molar-refractivity contribution < 1.29 is 14.0 Å². The lowest BCUT2D eigenvalue weighted by Crippen LogP contribution is -2.45. The topological polar surface area (TPSA) is 65.8 Å². The summed E-state index contributed by atoms with van der Waals surface area (Å²) in [4.78, 5) is 29.2. The predicted molar refractivity (Wildman–Crippen MR) is 117 cm³/mol. The minimum absolute atomic E-state index is 0. The number of furan rings is 1. The SMILES string of the molecule is Cl.O=C(c1occc1CN1C(=O)Cc2ccccc21)N1CCC(NCC2CC2)CC1. The number of piperidine rings is 1. The van der Waals surface area contributed by atoms with Crippen LogP contribution in [0.2, 0.25) is 0 Å². The Morgan fingerprint density at radius 2 is 1.87 bits per heavy atom. The van der Waals surface area contributed by atoms with Crippen LogP contribution in [0.4, 0.5) is 5.69 Å². The fourth-order valence-electron chi connectivity index (χ4n) is 4.39. The fraction of sp³-hybridized carbons (Fsp3) is 0.478. The van der Waals surface area contributed by atoms with Gasteiger partial charge in [-0.1, -0.05) is 18.2 Å². The van der Waals surface area contributed by atoms with Gasteiger partial charge in [-0.05, 0) is 55.8 Å². The zero-order valence-corrected chi connectivity index (χ0v) is 17.8. The molecule has 0 atom stereocenters. The predicted octanol–water partition coefficient (Wildman–Crippen LogP) is 3.39. The Morgan fingerprint density at radius 3 is 2.63 bits per heavy atom. The Hall–Kier alpha value is -2.31. The van der Waals surface area contributed by atoms with Crippen LogP contribution in [0.25, 0.3) is 0 Å². The number of rotatable bonds is 6. The summed E-state index contributed by atoms with van der Waals surface area (Å²) >= 11 is 0. The number of nitrogens with zero attached hydrogens (tertiary/aromatic N) is 2. The monoisotopic (exact) mass is 429 g/mol. The molecule has 2 amide bonds. The standard InChI is InChI=1S/C23H27N3O3.ClH/c27-21-13-17-3-1-2-4-20(17)26(21)15-18-9-12-29-22(18)23(28)25-10-7-19(8-11-25)24-14-16-5-6-16;/h1-4,9,12,16,19,24H,5-8,10-11,13-15H2;1H. The van der Waals surface area contributed by atoms with Gasteiger partial charge in [-0.3, -0.25) is 9.59 Å². The van der Waals surface area contributed by atoms with Crippen LogP contribution in [0.3, 0.4) is 0 Å². The number of fused-ring (bicyclic) bond motifs is 1. The first kappa shape index (κ1) is 20.9. The maximum absolute atomic E-state index is 13.1. The first-order valence-corrected chi connectivity index (χ1v) is 10.7. The van der Waals surface area contributed by atoms with Gasteiger partial charge >= 0.3 is 0 Å². The Labute approximate surface area is 183 Å². The first-order valence-electron chi connectivity index (χ1n) is 10.7. The van der Waals surface area contributed by atoms with Crippen LogP contribution < -0.4 is 10.2 Å². The molecule has 3 heterocycles. The van der Waals surface area contributed by atoms with Crippen molar-refractivity contribution in [2.45, 2.75) is 44.7 Å². The number of likely N-dealkylation sites (tertiary alicyclic amines) is 1. The zero-order valence-electron chi connectivity index (χ0n) is 17.0. The number of nitrogens with one attached hydrogen (secondary N) is 1. The minimum atomic E-state index is -0.0643. The van der Waals surface area contributed by atoms with E-state index >= 15 is 0 Å². The van der Waals surface area contributed by atoms with Crippen LogP contribution in [0, 0.1) is 5.92 Å². The van der Waals surface area contributed by atoms with E-state index in [9.17, 15) is 9.59 Å². The first-order chi connectivity index (χ1) is 14.2. The number of para-hydroxylation sites is 1. The van der Waals surface area contributed by atoms with Gasteiger partial charge in [0.2, 0.25) is 5.91 Å².